The van der Waals surface area contributed by atoms with E-state index in [9.17, 15) is 10.1 Å². The van der Waals surface area contributed by atoms with Crippen LogP contribution in [0.5, 0.6) is 0 Å². The zero-order valence-electron chi connectivity index (χ0n) is 26.0. The predicted molar refractivity (Wildman–Crippen MR) is 159 cm³/mol. The lowest BCUT2D eigenvalue weighted by atomic mass is 9.77. The Morgan fingerprint density at radius 2 is 1.76 bits per heavy atom. The maximum absolute atomic E-state index is 13.2. The molecular weight excluding hydrogens is 518 g/mol. The Morgan fingerprint density at radius 3 is 2.27 bits per heavy atom. The van der Waals surface area contributed by atoms with Gasteiger partial charge in [-0.05, 0) is 102 Å². The molecule has 4 rings (SSSR count). The second kappa shape index (κ2) is 11.2. The molecule has 0 aromatic heterocycles. The van der Waals surface area contributed by atoms with E-state index >= 15 is 0 Å². The van der Waals surface area contributed by atoms with Crippen LogP contribution in [0.25, 0.3) is 0 Å². The standard InChI is InChI=1S/C32H49N5O4/c1-19(21-11-13-29(3,4)14-12-21)25(37-28(38)20(2)36-23(17-33)18-34)10-9-24(35)22-15-31(7)26-27(32(8,16-22)41-31)40-30(5,6)39-26/h9-11,17,20,22,24,26-27,36H,12-16,33,35H2,1-8H3,(H,37,38)/b10-9-,23-17-,25-19-/t20?,22?,24?,26-,27+,31+,32-. The van der Waals surface area contributed by atoms with E-state index in [1.54, 1.807) is 6.92 Å². The molecule has 3 unspecified atom stereocenters. The monoisotopic (exact) mass is 567 g/mol. The van der Waals surface area contributed by atoms with Crippen LogP contribution in [0.15, 0.2) is 47.0 Å². The SMILES string of the molecule is C/C(C1=CCC(C)(C)CC1)=C(\C=C/C(N)C1C[C@@]2(C)O[C@@](C)(C1)[C@@H]1OC(C)(C)O[C@@H]12)NC(=O)C(C)N/C(C#N)=C\N. The Bertz CT molecular complexity index is 1180. The molecule has 3 heterocycles. The molecule has 0 spiro atoms. The lowest BCUT2D eigenvalue weighted by molar-refractivity contribution is -0.247. The Balaban J connectivity index is 1.55. The average molecular weight is 568 g/mol. The highest BCUT2D eigenvalue weighted by Crippen LogP contribution is 2.57. The molecule has 7 atom stereocenters. The third-order valence-electron chi connectivity index (χ3n) is 9.30. The van der Waals surface area contributed by atoms with Crippen molar-refractivity contribution in [3.05, 3.63) is 47.0 Å². The second-order valence-electron chi connectivity index (χ2n) is 14.0. The number of nitrogens with one attached hydrogen (secondary N) is 2. The third kappa shape index (κ3) is 6.56. The highest BCUT2D eigenvalue weighted by atomic mass is 16.8. The highest BCUT2D eigenvalue weighted by molar-refractivity contribution is 5.84. The van der Waals surface area contributed by atoms with Gasteiger partial charge in [-0.2, -0.15) is 5.26 Å². The Hall–Kier alpha value is -2.64. The van der Waals surface area contributed by atoms with Gasteiger partial charge < -0.3 is 36.3 Å². The van der Waals surface area contributed by atoms with E-state index in [1.807, 2.05) is 39.0 Å². The molecule has 2 bridgehead atoms. The summed E-state index contributed by atoms with van der Waals surface area (Å²) in [5, 5.41) is 15.1. The van der Waals surface area contributed by atoms with Crippen LogP contribution < -0.4 is 22.1 Å². The summed E-state index contributed by atoms with van der Waals surface area (Å²) in [5.41, 5.74) is 14.7. The summed E-state index contributed by atoms with van der Waals surface area (Å²) in [5.74, 6) is -0.747. The molecule has 0 radical (unpaired) electrons. The summed E-state index contributed by atoms with van der Waals surface area (Å²) in [4.78, 5) is 13.2. The number of fused-ring (bicyclic) bond motifs is 5. The van der Waals surface area contributed by atoms with Gasteiger partial charge in [-0.15, -0.1) is 0 Å². The molecule has 6 N–H and O–H groups in total. The number of carbonyl (C=O) groups is 1. The smallest absolute Gasteiger partial charge is 0.246 e. The number of nitrogens with two attached hydrogens (primary N) is 2. The van der Waals surface area contributed by atoms with E-state index in [0.717, 1.165) is 43.9 Å². The first-order valence-electron chi connectivity index (χ1n) is 14.8. The van der Waals surface area contributed by atoms with Gasteiger partial charge in [0.15, 0.2) is 5.79 Å². The number of nitrogens with zero attached hydrogens (tertiary/aromatic N) is 1. The Kier molecular flexibility index (Phi) is 8.56. The minimum Gasteiger partial charge on any atom is -0.402 e. The van der Waals surface area contributed by atoms with Gasteiger partial charge in [-0.3, -0.25) is 4.79 Å². The van der Waals surface area contributed by atoms with E-state index < -0.39 is 23.0 Å². The fourth-order valence-corrected chi connectivity index (χ4v) is 6.88. The van der Waals surface area contributed by atoms with Crippen LogP contribution >= 0.6 is 0 Å². The maximum atomic E-state index is 13.2. The molecule has 0 saturated carbocycles. The van der Waals surface area contributed by atoms with Gasteiger partial charge in [0.25, 0.3) is 0 Å². The van der Waals surface area contributed by atoms with E-state index in [-0.39, 0.29) is 41.2 Å². The van der Waals surface area contributed by atoms with Crippen molar-refractivity contribution in [3.8, 4) is 6.07 Å². The van der Waals surface area contributed by atoms with Crippen LogP contribution in [0, 0.1) is 22.7 Å². The topological polar surface area (TPSA) is 145 Å². The van der Waals surface area contributed by atoms with Crippen molar-refractivity contribution < 1.29 is 19.0 Å². The van der Waals surface area contributed by atoms with Crippen molar-refractivity contribution in [2.45, 2.75) is 129 Å². The molecule has 9 heteroatoms. The van der Waals surface area contributed by atoms with Gasteiger partial charge in [0.1, 0.15) is 30.0 Å². The van der Waals surface area contributed by atoms with E-state index in [4.69, 9.17) is 25.7 Å². The van der Waals surface area contributed by atoms with Crippen LogP contribution in [0.4, 0.5) is 0 Å². The average Bonchev–Trinajstić information content (AvgIpc) is 3.31. The summed E-state index contributed by atoms with van der Waals surface area (Å²) in [7, 11) is 0. The number of hydrogen-bond donors (Lipinski definition) is 4. The van der Waals surface area contributed by atoms with E-state index in [0.29, 0.717) is 5.70 Å². The summed E-state index contributed by atoms with van der Waals surface area (Å²) >= 11 is 0. The molecule has 3 aliphatic heterocycles. The van der Waals surface area contributed by atoms with Crippen molar-refractivity contribution in [3.63, 3.8) is 0 Å². The molecule has 3 fully saturated rings. The van der Waals surface area contributed by atoms with Crippen molar-refractivity contribution in [2.75, 3.05) is 0 Å². The second-order valence-corrected chi connectivity index (χ2v) is 14.0. The zero-order chi connectivity index (χ0) is 30.4. The quantitative estimate of drug-likeness (QED) is 0.253. The molecule has 9 nitrogen and oxygen atoms in total. The van der Waals surface area contributed by atoms with Crippen LogP contribution in [0.3, 0.4) is 0 Å². The van der Waals surface area contributed by atoms with Crippen molar-refractivity contribution in [1.82, 2.24) is 10.6 Å². The lowest BCUT2D eigenvalue weighted by Gasteiger charge is -2.44. The van der Waals surface area contributed by atoms with Crippen LogP contribution in [-0.4, -0.2) is 47.2 Å². The number of ether oxygens (including phenoxy) is 3. The number of carbonyl (C=O) groups excluding carboxylic acids is 1. The molecule has 0 aromatic rings. The van der Waals surface area contributed by atoms with Crippen molar-refractivity contribution >= 4 is 5.91 Å². The van der Waals surface area contributed by atoms with Gasteiger partial charge >= 0.3 is 0 Å². The highest BCUT2D eigenvalue weighted by Gasteiger charge is 2.68. The fourth-order valence-electron chi connectivity index (χ4n) is 6.88. The number of rotatable bonds is 8. The Morgan fingerprint density at radius 1 is 1.15 bits per heavy atom. The van der Waals surface area contributed by atoms with Gasteiger partial charge in [0, 0.05) is 17.9 Å². The molecule has 226 valence electrons. The first-order valence-corrected chi connectivity index (χ1v) is 14.8. The van der Waals surface area contributed by atoms with Gasteiger partial charge in [0.05, 0.1) is 11.2 Å². The number of nitriles is 1. The number of allylic oxidation sites excluding steroid dienone is 5. The lowest BCUT2D eigenvalue weighted by Crippen LogP contribution is -2.50. The molecular formula is C32H49N5O4. The summed E-state index contributed by atoms with van der Waals surface area (Å²) < 4.78 is 19.2. The molecule has 0 aromatic carbocycles. The van der Waals surface area contributed by atoms with E-state index in [2.05, 4.69) is 44.4 Å². The minimum atomic E-state index is -0.664. The van der Waals surface area contributed by atoms with Gasteiger partial charge in [-0.1, -0.05) is 26.0 Å². The zero-order valence-corrected chi connectivity index (χ0v) is 26.0. The van der Waals surface area contributed by atoms with Crippen molar-refractivity contribution in [1.29, 1.82) is 5.26 Å². The van der Waals surface area contributed by atoms with Gasteiger partial charge in [0.2, 0.25) is 5.91 Å². The number of hydrogen-bond acceptors (Lipinski definition) is 8. The first kappa shape index (κ1) is 31.3. The normalized spacial score (nSPS) is 36.0. The molecule has 3 saturated heterocycles. The van der Waals surface area contributed by atoms with Crippen LogP contribution in [0.2, 0.25) is 0 Å². The van der Waals surface area contributed by atoms with Crippen molar-refractivity contribution in [2.24, 2.45) is 22.8 Å². The molecule has 1 amide bonds. The van der Waals surface area contributed by atoms with Gasteiger partial charge in [-0.25, -0.2) is 0 Å². The molecule has 4 aliphatic rings. The first-order chi connectivity index (χ1) is 19.0. The largest absolute Gasteiger partial charge is 0.402 e. The summed E-state index contributed by atoms with van der Waals surface area (Å²) in [6, 6.07) is 1.03. The summed E-state index contributed by atoms with van der Waals surface area (Å²) in [6.45, 7) is 16.4. The number of amides is 1. The molecule has 41 heavy (non-hydrogen) atoms. The molecule has 1 aliphatic carbocycles. The Labute approximate surface area is 245 Å². The van der Waals surface area contributed by atoms with Crippen LogP contribution in [0.1, 0.15) is 87.5 Å². The maximum Gasteiger partial charge on any atom is 0.246 e. The van der Waals surface area contributed by atoms with E-state index in [1.165, 1.54) is 5.57 Å². The predicted octanol–water partition coefficient (Wildman–Crippen LogP) is 4.18. The minimum absolute atomic E-state index is 0.141. The fraction of sp³-hybridized carbons (Fsp3) is 0.688. The third-order valence-corrected chi connectivity index (χ3v) is 9.30. The van der Waals surface area contributed by atoms with Crippen LogP contribution in [-0.2, 0) is 19.0 Å². The summed E-state index contributed by atoms with van der Waals surface area (Å²) in [6.07, 6.45) is 11.6.